The van der Waals surface area contributed by atoms with Crippen molar-refractivity contribution in [2.75, 3.05) is 56.5 Å². The van der Waals surface area contributed by atoms with Gasteiger partial charge in [0.15, 0.2) is 0 Å². The number of carbonyl (C=O) groups excluding carboxylic acids is 1. The molecule has 0 radical (unpaired) electrons. The number of nitrogens with one attached hydrogen (secondary N) is 1. The van der Waals surface area contributed by atoms with Crippen LogP contribution in [0.25, 0.3) is 0 Å². The summed E-state index contributed by atoms with van der Waals surface area (Å²) in [5.74, 6) is 1.70. The van der Waals surface area contributed by atoms with Crippen molar-refractivity contribution in [2.24, 2.45) is 0 Å². The molecule has 0 saturated carbocycles. The lowest BCUT2D eigenvalue weighted by Crippen LogP contribution is -2.56. The average Bonchev–Trinajstić information content (AvgIpc) is 2.49. The van der Waals surface area contributed by atoms with Crippen LogP contribution in [0.3, 0.4) is 0 Å². The summed E-state index contributed by atoms with van der Waals surface area (Å²) in [4.78, 5) is 27.2. The third kappa shape index (κ3) is 4.36. The predicted octanol–water partition coefficient (Wildman–Crippen LogP) is 1.04. The maximum absolute atomic E-state index is 11.3. The average molecular weight is 365 g/mol. The van der Waals surface area contributed by atoms with Gasteiger partial charge in [-0.3, -0.25) is 4.79 Å². The van der Waals surface area contributed by atoms with Gasteiger partial charge in [-0.2, -0.15) is 17.6 Å². The number of aromatic nitrogens is 2. The molecule has 0 spiro atoms. The first kappa shape index (κ1) is 18.3. The molecule has 1 aromatic heterocycles. The van der Waals surface area contributed by atoms with Crippen LogP contribution in [-0.2, 0) is 9.54 Å². The molecule has 2 aliphatic heterocycles. The zero-order valence-corrected chi connectivity index (χ0v) is 16.4. The Morgan fingerprint density at radius 3 is 2.44 bits per heavy atom. The molecular weight excluding hydrogens is 336 g/mol. The van der Waals surface area contributed by atoms with Gasteiger partial charge in [0, 0.05) is 57.0 Å². The van der Waals surface area contributed by atoms with Crippen LogP contribution in [0.5, 0.6) is 0 Å². The van der Waals surface area contributed by atoms with E-state index in [-0.39, 0.29) is 16.7 Å². The number of nitrogens with zero attached hydrogens (tertiary/aromatic N) is 5. The number of rotatable bonds is 4. The Morgan fingerprint density at radius 1 is 1.24 bits per heavy atom. The smallest absolute Gasteiger partial charge is 0.227 e. The molecule has 3 heterocycles. The summed E-state index contributed by atoms with van der Waals surface area (Å²) in [7, 11) is 2.13. The molecule has 0 aliphatic carbocycles. The van der Waals surface area contributed by atoms with Gasteiger partial charge in [-0.05, 0) is 20.9 Å². The van der Waals surface area contributed by atoms with Crippen molar-refractivity contribution in [1.29, 1.82) is 0 Å². The molecule has 8 heteroatoms. The van der Waals surface area contributed by atoms with Crippen molar-refractivity contribution in [2.45, 2.75) is 31.6 Å². The molecule has 0 bridgehead atoms. The minimum Gasteiger partial charge on any atom is -0.364 e. The Labute approximate surface area is 155 Å². The summed E-state index contributed by atoms with van der Waals surface area (Å²) >= 11 is 4.69. The third-order valence-corrected chi connectivity index (χ3v) is 5.04. The molecule has 2 fully saturated rings. The van der Waals surface area contributed by atoms with E-state index < -0.39 is 0 Å². The lowest BCUT2D eigenvalue weighted by atomic mass is 10.1. The van der Waals surface area contributed by atoms with Gasteiger partial charge in [-0.15, -0.1) is 0 Å². The van der Waals surface area contributed by atoms with Gasteiger partial charge in [0.05, 0.1) is 11.7 Å². The van der Waals surface area contributed by atoms with Crippen LogP contribution < -0.4 is 10.2 Å². The molecule has 0 aromatic carbocycles. The number of thiol groups is 1. The highest BCUT2D eigenvalue weighted by molar-refractivity contribution is 7.81. The topological polar surface area (TPSA) is 64.6 Å². The molecule has 2 aliphatic rings. The molecule has 7 nitrogen and oxygen atoms in total. The van der Waals surface area contributed by atoms with E-state index in [1.807, 2.05) is 24.8 Å². The van der Waals surface area contributed by atoms with E-state index in [2.05, 4.69) is 34.8 Å². The molecule has 0 atom stereocenters. The maximum Gasteiger partial charge on any atom is 0.227 e. The quantitative estimate of drug-likeness (QED) is 0.779. The Balaban J connectivity index is 1.77. The normalized spacial score (nSPS) is 19.7. The Morgan fingerprint density at radius 2 is 1.88 bits per heavy atom. The molecule has 1 amide bonds. The molecule has 3 rings (SSSR count). The summed E-state index contributed by atoms with van der Waals surface area (Å²) in [6.45, 7) is 11.0. The predicted molar refractivity (Wildman–Crippen MR) is 103 cm³/mol. The van der Waals surface area contributed by atoms with Gasteiger partial charge in [-0.1, -0.05) is 0 Å². The highest BCUT2D eigenvalue weighted by Gasteiger charge is 2.30. The first-order valence-corrected chi connectivity index (χ1v) is 9.24. The fraction of sp³-hybridized carbons (Fsp3) is 0.706. The third-order valence-electron chi connectivity index (χ3n) is 4.81. The van der Waals surface area contributed by atoms with Crippen molar-refractivity contribution in [3.8, 4) is 0 Å². The van der Waals surface area contributed by atoms with Crippen LogP contribution in [0.4, 0.5) is 11.8 Å². The standard InChI is InChI=1S/C17H28N6OS/c1-12(24)23-10-13(11-23)18-15-9-14(17(2,3)25)19-16(20-15)22-7-5-21(4)6-8-22/h9,13,25H,5-8,10-11H2,1-4H3,(H,18,19,20). The summed E-state index contributed by atoms with van der Waals surface area (Å²) < 4.78 is -0.342. The molecule has 1 N–H and O–H groups in total. The van der Waals surface area contributed by atoms with Crippen molar-refractivity contribution in [3.63, 3.8) is 0 Å². The minimum atomic E-state index is -0.342. The number of carbonyl (C=O) groups is 1. The van der Waals surface area contributed by atoms with Crippen molar-refractivity contribution in [3.05, 3.63) is 11.8 Å². The SMILES string of the molecule is CC(=O)N1CC(Nc2cc(C(C)(C)S)nc(N3CCN(C)CC3)n2)C1. The number of anilines is 2. The maximum atomic E-state index is 11.3. The van der Waals surface area contributed by atoms with Gasteiger partial charge in [-0.25, -0.2) is 4.98 Å². The number of piperazine rings is 1. The van der Waals surface area contributed by atoms with Crippen LogP contribution in [0, 0.1) is 0 Å². The number of amides is 1. The van der Waals surface area contributed by atoms with Crippen LogP contribution in [-0.4, -0.2) is 78.0 Å². The summed E-state index contributed by atoms with van der Waals surface area (Å²) in [6.07, 6.45) is 0. The van der Waals surface area contributed by atoms with E-state index in [9.17, 15) is 4.79 Å². The molecule has 1 aromatic rings. The van der Waals surface area contributed by atoms with Gasteiger partial charge in [0.2, 0.25) is 11.9 Å². The van der Waals surface area contributed by atoms with Gasteiger partial charge in [0.1, 0.15) is 5.82 Å². The second kappa shape index (κ2) is 6.99. The van der Waals surface area contributed by atoms with Crippen LogP contribution in [0.2, 0.25) is 0 Å². The van der Waals surface area contributed by atoms with Gasteiger partial charge < -0.3 is 20.0 Å². The van der Waals surface area contributed by atoms with E-state index in [0.29, 0.717) is 0 Å². The largest absolute Gasteiger partial charge is 0.364 e. The first-order chi connectivity index (χ1) is 11.7. The summed E-state index contributed by atoms with van der Waals surface area (Å²) in [6, 6.07) is 2.22. The molecule has 0 unspecified atom stereocenters. The van der Waals surface area contributed by atoms with Gasteiger partial charge in [0.25, 0.3) is 0 Å². The zero-order chi connectivity index (χ0) is 18.2. The lowest BCUT2D eigenvalue weighted by molar-refractivity contribution is -0.132. The molecule has 138 valence electrons. The van der Waals surface area contributed by atoms with Crippen LogP contribution in [0.15, 0.2) is 6.07 Å². The van der Waals surface area contributed by atoms with Crippen LogP contribution >= 0.6 is 12.6 Å². The van der Waals surface area contributed by atoms with E-state index in [1.54, 1.807) is 6.92 Å². The molecule has 25 heavy (non-hydrogen) atoms. The summed E-state index contributed by atoms with van der Waals surface area (Å²) in [5.41, 5.74) is 0.907. The Kier molecular flexibility index (Phi) is 5.11. The molecular formula is C17H28N6OS. The Bertz CT molecular complexity index is 633. The second-order valence-corrected chi connectivity index (χ2v) is 8.67. The van der Waals surface area contributed by atoms with Gasteiger partial charge >= 0.3 is 0 Å². The number of likely N-dealkylation sites (N-methyl/N-ethyl adjacent to an activating group) is 1. The highest BCUT2D eigenvalue weighted by atomic mass is 32.1. The number of hydrogen-bond donors (Lipinski definition) is 2. The fourth-order valence-electron chi connectivity index (χ4n) is 3.01. The van der Waals surface area contributed by atoms with E-state index in [1.165, 1.54) is 0 Å². The van der Waals surface area contributed by atoms with Crippen molar-refractivity contribution in [1.82, 2.24) is 19.8 Å². The first-order valence-electron chi connectivity index (χ1n) is 8.80. The van der Waals surface area contributed by atoms with Crippen molar-refractivity contribution < 1.29 is 4.79 Å². The monoisotopic (exact) mass is 364 g/mol. The molecule has 2 saturated heterocycles. The number of hydrogen-bond acceptors (Lipinski definition) is 7. The zero-order valence-electron chi connectivity index (χ0n) is 15.5. The van der Waals surface area contributed by atoms with Crippen molar-refractivity contribution >= 4 is 30.3 Å². The summed E-state index contributed by atoms with van der Waals surface area (Å²) in [5, 5.41) is 3.45. The Hall–Kier alpha value is -1.54. The second-order valence-electron chi connectivity index (χ2n) is 7.55. The lowest BCUT2D eigenvalue weighted by Gasteiger charge is -2.39. The van der Waals surface area contributed by atoms with E-state index in [0.717, 1.165) is 56.7 Å². The van der Waals surface area contributed by atoms with E-state index >= 15 is 0 Å². The number of likely N-dealkylation sites (tertiary alicyclic amines) is 1. The van der Waals surface area contributed by atoms with E-state index in [4.69, 9.17) is 9.97 Å². The minimum absolute atomic E-state index is 0.121. The fourth-order valence-corrected chi connectivity index (χ4v) is 3.12. The highest BCUT2D eigenvalue weighted by Crippen LogP contribution is 2.29. The van der Waals surface area contributed by atoms with Crippen LogP contribution in [0.1, 0.15) is 26.5 Å².